The Morgan fingerprint density at radius 2 is 2.20 bits per heavy atom. The molecule has 0 spiro atoms. The number of hydrogen-bond acceptors (Lipinski definition) is 4. The van der Waals surface area contributed by atoms with Crippen LogP contribution < -0.4 is 0 Å². The zero-order valence-corrected chi connectivity index (χ0v) is 9.90. The monoisotopic (exact) mass is 242 g/mol. The van der Waals surface area contributed by atoms with E-state index in [4.69, 9.17) is 0 Å². The van der Waals surface area contributed by atoms with E-state index < -0.39 is 11.1 Å². The normalized spacial score (nSPS) is 31.0. The summed E-state index contributed by atoms with van der Waals surface area (Å²) in [5.74, 6) is 0.612. The van der Waals surface area contributed by atoms with Gasteiger partial charge in [-0.25, -0.2) is 0 Å². The lowest BCUT2D eigenvalue weighted by atomic mass is 9.96. The molecule has 0 N–H and O–H groups in total. The highest BCUT2D eigenvalue weighted by molar-refractivity contribution is 7.81. The first kappa shape index (κ1) is 9.96. The maximum Gasteiger partial charge on any atom is 0.0778 e. The lowest BCUT2D eigenvalue weighted by Crippen LogP contribution is -2.28. The van der Waals surface area contributed by atoms with Crippen LogP contribution in [0.5, 0.6) is 0 Å². The van der Waals surface area contributed by atoms with E-state index in [1.165, 1.54) is 47.7 Å². The molecule has 1 aromatic rings. The van der Waals surface area contributed by atoms with Crippen LogP contribution in [0, 0.1) is 0 Å². The molecule has 1 unspecified atom stereocenters. The van der Waals surface area contributed by atoms with Gasteiger partial charge >= 0.3 is 0 Å². The maximum atomic E-state index is 10.9. The molecule has 4 heterocycles. The predicted octanol–water partition coefficient (Wildman–Crippen LogP) is 1.68. The Bertz CT molecular complexity index is 408. The SMILES string of the molecule is O=S([O-])c1cc2c(s1)C1CCN(CC1)C2. The first-order valence-electron chi connectivity index (χ1n) is 5.18. The van der Waals surface area contributed by atoms with Crippen LogP contribution in [0.4, 0.5) is 0 Å². The van der Waals surface area contributed by atoms with Gasteiger partial charge in [-0.05, 0) is 54.6 Å². The van der Waals surface area contributed by atoms with Gasteiger partial charge in [-0.3, -0.25) is 9.11 Å². The highest BCUT2D eigenvalue weighted by Crippen LogP contribution is 2.41. The minimum absolute atomic E-state index is 0.508. The number of thiophene rings is 1. The van der Waals surface area contributed by atoms with Gasteiger partial charge in [-0.15, -0.1) is 11.3 Å². The quantitative estimate of drug-likeness (QED) is 0.704. The van der Waals surface area contributed by atoms with E-state index in [9.17, 15) is 8.76 Å². The second-order valence-electron chi connectivity index (χ2n) is 4.24. The molecule has 3 aliphatic rings. The lowest BCUT2D eigenvalue weighted by molar-refractivity contribution is 0.221. The van der Waals surface area contributed by atoms with Crippen molar-refractivity contribution < 1.29 is 8.76 Å². The largest absolute Gasteiger partial charge is 0.768 e. The number of hydrogen-bond donors (Lipinski definition) is 0. The smallest absolute Gasteiger partial charge is 0.0778 e. The summed E-state index contributed by atoms with van der Waals surface area (Å²) in [6.45, 7) is 3.28. The molecule has 1 fully saturated rings. The highest BCUT2D eigenvalue weighted by Gasteiger charge is 2.29. The summed E-state index contributed by atoms with van der Waals surface area (Å²) in [4.78, 5) is 3.75. The molecular formula is C10H12NO2S2-. The van der Waals surface area contributed by atoms with Crippen LogP contribution in [0.3, 0.4) is 0 Å². The van der Waals surface area contributed by atoms with Crippen LogP contribution >= 0.6 is 11.3 Å². The molecule has 0 aromatic carbocycles. The van der Waals surface area contributed by atoms with E-state index in [-0.39, 0.29) is 0 Å². The minimum Gasteiger partial charge on any atom is -0.768 e. The predicted molar refractivity (Wildman–Crippen MR) is 58.8 cm³/mol. The van der Waals surface area contributed by atoms with Crippen molar-refractivity contribution in [1.29, 1.82) is 0 Å². The van der Waals surface area contributed by atoms with Crippen molar-refractivity contribution in [2.75, 3.05) is 13.1 Å². The van der Waals surface area contributed by atoms with Crippen LogP contribution in [0.1, 0.15) is 29.2 Å². The number of fused-ring (bicyclic) bond motifs is 2. The number of piperidine rings is 1. The van der Waals surface area contributed by atoms with Crippen LogP contribution in [-0.4, -0.2) is 26.8 Å². The molecule has 0 radical (unpaired) electrons. The van der Waals surface area contributed by atoms with Gasteiger partial charge in [0.2, 0.25) is 0 Å². The molecule has 2 bridgehead atoms. The Hall–Kier alpha value is -0.230. The van der Waals surface area contributed by atoms with E-state index in [0.29, 0.717) is 10.1 Å². The Balaban J connectivity index is 2.04. The first-order valence-corrected chi connectivity index (χ1v) is 7.07. The van der Waals surface area contributed by atoms with Crippen LogP contribution in [0.2, 0.25) is 0 Å². The van der Waals surface area contributed by atoms with Crippen LogP contribution in [-0.2, 0) is 17.6 Å². The summed E-state index contributed by atoms with van der Waals surface area (Å²) in [6, 6.07) is 1.86. The third kappa shape index (κ3) is 1.67. The summed E-state index contributed by atoms with van der Waals surface area (Å²) in [6.07, 6.45) is 2.39. The zero-order chi connectivity index (χ0) is 10.4. The van der Waals surface area contributed by atoms with Crippen molar-refractivity contribution in [3.8, 4) is 0 Å². The molecule has 4 rings (SSSR count). The van der Waals surface area contributed by atoms with E-state index >= 15 is 0 Å². The van der Waals surface area contributed by atoms with Crippen molar-refractivity contribution in [2.45, 2.75) is 29.5 Å². The third-order valence-electron chi connectivity index (χ3n) is 3.34. The van der Waals surface area contributed by atoms with Crippen LogP contribution in [0.15, 0.2) is 10.3 Å². The first-order chi connectivity index (χ1) is 7.24. The fourth-order valence-electron chi connectivity index (χ4n) is 2.56. The fourth-order valence-corrected chi connectivity index (χ4v) is 4.42. The maximum absolute atomic E-state index is 10.9. The van der Waals surface area contributed by atoms with Gasteiger partial charge in [-0.1, -0.05) is 0 Å². The Labute approximate surface area is 95.4 Å². The summed E-state index contributed by atoms with van der Waals surface area (Å²) in [5.41, 5.74) is 1.25. The van der Waals surface area contributed by atoms with Crippen molar-refractivity contribution in [3.63, 3.8) is 0 Å². The standard InChI is InChI=1S/C10H13NO2S2/c12-15(13)9-5-8-6-11-3-1-7(2-4-11)10(8)14-9/h5,7H,1-4,6H2,(H,12,13)/p-1. The lowest BCUT2D eigenvalue weighted by Gasteiger charge is -2.26. The second kappa shape index (κ2) is 3.66. The molecule has 0 aliphatic carbocycles. The van der Waals surface area contributed by atoms with Crippen molar-refractivity contribution in [3.05, 3.63) is 16.5 Å². The Morgan fingerprint density at radius 1 is 1.47 bits per heavy atom. The van der Waals surface area contributed by atoms with E-state index in [2.05, 4.69) is 4.90 Å². The Morgan fingerprint density at radius 3 is 2.87 bits per heavy atom. The minimum atomic E-state index is -2.05. The van der Waals surface area contributed by atoms with Crippen molar-refractivity contribution >= 4 is 22.4 Å². The topological polar surface area (TPSA) is 43.4 Å². The molecule has 0 saturated carbocycles. The average Bonchev–Trinajstić information content (AvgIpc) is 2.51. The summed E-state index contributed by atoms with van der Waals surface area (Å²) in [7, 11) is 0. The van der Waals surface area contributed by atoms with Gasteiger partial charge in [0.15, 0.2) is 0 Å². The molecule has 1 aromatic heterocycles. The van der Waals surface area contributed by atoms with Gasteiger partial charge in [0.05, 0.1) is 4.21 Å². The highest BCUT2D eigenvalue weighted by atomic mass is 32.2. The molecule has 5 heteroatoms. The van der Waals surface area contributed by atoms with E-state index in [1.807, 2.05) is 6.07 Å². The van der Waals surface area contributed by atoms with Gasteiger partial charge in [-0.2, -0.15) is 0 Å². The molecular weight excluding hydrogens is 230 g/mol. The fraction of sp³-hybridized carbons (Fsp3) is 0.600. The van der Waals surface area contributed by atoms with Gasteiger partial charge < -0.3 is 4.55 Å². The van der Waals surface area contributed by atoms with Crippen LogP contribution in [0.25, 0.3) is 0 Å². The summed E-state index contributed by atoms with van der Waals surface area (Å²) < 4.78 is 22.3. The molecule has 3 nitrogen and oxygen atoms in total. The summed E-state index contributed by atoms with van der Waals surface area (Å²) >= 11 is -0.575. The molecule has 1 saturated heterocycles. The molecule has 3 aliphatic heterocycles. The third-order valence-corrected chi connectivity index (χ3v) is 5.57. The Kier molecular flexibility index (Phi) is 2.43. The average molecular weight is 242 g/mol. The number of nitrogens with zero attached hydrogens (tertiary/aromatic N) is 1. The molecule has 0 amide bonds. The van der Waals surface area contributed by atoms with Gasteiger partial charge in [0, 0.05) is 11.4 Å². The summed E-state index contributed by atoms with van der Waals surface area (Å²) in [5, 5.41) is 0. The van der Waals surface area contributed by atoms with Gasteiger partial charge in [0.25, 0.3) is 0 Å². The van der Waals surface area contributed by atoms with Crippen molar-refractivity contribution in [2.24, 2.45) is 0 Å². The zero-order valence-electron chi connectivity index (χ0n) is 8.27. The van der Waals surface area contributed by atoms with E-state index in [0.717, 1.165) is 6.54 Å². The van der Waals surface area contributed by atoms with Crippen molar-refractivity contribution in [1.82, 2.24) is 4.90 Å². The number of rotatable bonds is 1. The molecule has 1 atom stereocenters. The second-order valence-corrected chi connectivity index (χ2v) is 6.49. The van der Waals surface area contributed by atoms with E-state index in [1.54, 1.807) is 0 Å². The molecule has 82 valence electrons. The molecule has 15 heavy (non-hydrogen) atoms. The van der Waals surface area contributed by atoms with Gasteiger partial charge in [0.1, 0.15) is 0 Å².